The van der Waals surface area contributed by atoms with Crippen molar-refractivity contribution in [2.45, 2.75) is 33.1 Å². The molecule has 0 saturated carbocycles. The van der Waals surface area contributed by atoms with E-state index in [4.69, 9.17) is 0 Å². The molecule has 2 rings (SSSR count). The number of aryl methyl sites for hydroxylation is 1. The van der Waals surface area contributed by atoms with Gasteiger partial charge in [0.25, 0.3) is 0 Å². The van der Waals surface area contributed by atoms with Crippen molar-refractivity contribution in [3.05, 3.63) is 34.7 Å². The van der Waals surface area contributed by atoms with Crippen molar-refractivity contribution in [3.63, 3.8) is 0 Å². The van der Waals surface area contributed by atoms with Gasteiger partial charge in [-0.15, -0.1) is 11.3 Å². The molecule has 0 fully saturated rings. The maximum absolute atomic E-state index is 2.33. The average Bonchev–Trinajstić information content (AvgIpc) is 2.48. The van der Waals surface area contributed by atoms with Crippen LogP contribution >= 0.6 is 11.3 Å². The lowest BCUT2D eigenvalue weighted by Crippen LogP contribution is -2.07. The summed E-state index contributed by atoms with van der Waals surface area (Å²) >= 11 is 1.93. The monoisotopic (exact) mass is 204 g/mol. The zero-order chi connectivity index (χ0) is 10.3. The summed E-state index contributed by atoms with van der Waals surface area (Å²) in [7, 11) is 0. The topological polar surface area (TPSA) is 0 Å². The van der Waals surface area contributed by atoms with E-state index in [9.17, 15) is 0 Å². The standard InChI is InChI=1S/C13H16S/c1-9-6-5-7-10-8-11(13(2,3)4)14-12(9)10/h5-8H,1-4H3. The SMILES string of the molecule is Cc1cccc2cc(C(C)(C)C)sc12. The highest BCUT2D eigenvalue weighted by Crippen LogP contribution is 2.35. The number of hydrogen-bond donors (Lipinski definition) is 0. The zero-order valence-corrected chi connectivity index (χ0v) is 10.0. The van der Waals surface area contributed by atoms with Crippen molar-refractivity contribution in [2.24, 2.45) is 0 Å². The molecule has 0 spiro atoms. The second kappa shape index (κ2) is 3.09. The van der Waals surface area contributed by atoms with Crippen LogP contribution < -0.4 is 0 Å². The zero-order valence-electron chi connectivity index (χ0n) is 9.22. The molecule has 0 saturated heterocycles. The summed E-state index contributed by atoms with van der Waals surface area (Å²) in [4.78, 5) is 1.47. The van der Waals surface area contributed by atoms with E-state index in [2.05, 4.69) is 52.0 Å². The molecule has 14 heavy (non-hydrogen) atoms. The molecule has 1 aromatic heterocycles. The third-order valence-electron chi connectivity index (χ3n) is 2.48. The fourth-order valence-corrected chi connectivity index (χ4v) is 2.76. The van der Waals surface area contributed by atoms with Gasteiger partial charge in [0.2, 0.25) is 0 Å². The van der Waals surface area contributed by atoms with Gasteiger partial charge in [0.1, 0.15) is 0 Å². The number of hydrogen-bond acceptors (Lipinski definition) is 1. The number of fused-ring (bicyclic) bond motifs is 1. The second-order valence-electron chi connectivity index (χ2n) is 4.85. The van der Waals surface area contributed by atoms with Gasteiger partial charge in [0.15, 0.2) is 0 Å². The molecule has 1 aromatic carbocycles. The molecule has 1 heteroatoms. The second-order valence-corrected chi connectivity index (χ2v) is 5.91. The Morgan fingerprint density at radius 1 is 1.14 bits per heavy atom. The van der Waals surface area contributed by atoms with Crippen LogP contribution in [0.15, 0.2) is 24.3 Å². The molecule has 0 unspecified atom stereocenters. The number of benzene rings is 1. The van der Waals surface area contributed by atoms with E-state index in [-0.39, 0.29) is 5.41 Å². The molecule has 0 aliphatic rings. The first kappa shape index (κ1) is 9.72. The molecule has 0 aliphatic carbocycles. The van der Waals surface area contributed by atoms with E-state index in [0.717, 1.165) is 0 Å². The maximum atomic E-state index is 2.33. The quantitative estimate of drug-likeness (QED) is 0.592. The smallest absolute Gasteiger partial charge is 0.0375 e. The first-order valence-electron chi connectivity index (χ1n) is 4.98. The van der Waals surface area contributed by atoms with E-state index in [1.54, 1.807) is 0 Å². The maximum Gasteiger partial charge on any atom is 0.0375 e. The predicted molar refractivity (Wildman–Crippen MR) is 65.3 cm³/mol. The van der Waals surface area contributed by atoms with Crippen LogP contribution in [0.3, 0.4) is 0 Å². The van der Waals surface area contributed by atoms with Crippen LogP contribution in [0, 0.1) is 6.92 Å². The minimum atomic E-state index is 0.274. The number of rotatable bonds is 0. The molecule has 0 atom stereocenters. The first-order valence-corrected chi connectivity index (χ1v) is 5.80. The Bertz CT molecular complexity index is 458. The molecular weight excluding hydrogens is 188 g/mol. The highest BCUT2D eigenvalue weighted by molar-refractivity contribution is 7.19. The Labute approximate surface area is 89.6 Å². The summed E-state index contributed by atoms with van der Waals surface area (Å²) in [6.45, 7) is 9.00. The van der Waals surface area contributed by atoms with E-state index in [1.807, 2.05) is 11.3 Å². The molecule has 0 radical (unpaired) electrons. The van der Waals surface area contributed by atoms with Gasteiger partial charge in [0, 0.05) is 9.58 Å². The van der Waals surface area contributed by atoms with Gasteiger partial charge >= 0.3 is 0 Å². The van der Waals surface area contributed by atoms with Crippen molar-refractivity contribution in [1.29, 1.82) is 0 Å². The van der Waals surface area contributed by atoms with Crippen LogP contribution in [0.1, 0.15) is 31.2 Å². The van der Waals surface area contributed by atoms with Crippen LogP contribution in [-0.4, -0.2) is 0 Å². The Hall–Kier alpha value is -0.820. The van der Waals surface area contributed by atoms with Crippen molar-refractivity contribution < 1.29 is 0 Å². The van der Waals surface area contributed by atoms with Crippen molar-refractivity contribution in [2.75, 3.05) is 0 Å². The van der Waals surface area contributed by atoms with Crippen molar-refractivity contribution in [1.82, 2.24) is 0 Å². The third kappa shape index (κ3) is 1.57. The first-order chi connectivity index (χ1) is 6.48. The van der Waals surface area contributed by atoms with Crippen LogP contribution in [-0.2, 0) is 5.41 Å². The lowest BCUT2D eigenvalue weighted by atomic mass is 9.94. The van der Waals surface area contributed by atoms with Crippen LogP contribution in [0.25, 0.3) is 10.1 Å². The molecule has 0 bridgehead atoms. The Balaban J connectivity index is 2.69. The fraction of sp³-hybridized carbons (Fsp3) is 0.385. The van der Waals surface area contributed by atoms with E-state index < -0.39 is 0 Å². The molecule has 0 nitrogen and oxygen atoms in total. The lowest BCUT2D eigenvalue weighted by Gasteiger charge is -2.14. The fourth-order valence-electron chi connectivity index (χ4n) is 1.58. The molecular formula is C13H16S. The minimum absolute atomic E-state index is 0.274. The van der Waals surface area contributed by atoms with Gasteiger partial charge in [-0.05, 0) is 29.4 Å². The van der Waals surface area contributed by atoms with Gasteiger partial charge < -0.3 is 0 Å². The minimum Gasteiger partial charge on any atom is -0.139 e. The van der Waals surface area contributed by atoms with Gasteiger partial charge in [-0.2, -0.15) is 0 Å². The largest absolute Gasteiger partial charge is 0.139 e. The van der Waals surface area contributed by atoms with Gasteiger partial charge in [-0.1, -0.05) is 39.0 Å². The molecule has 74 valence electrons. The molecule has 0 amide bonds. The van der Waals surface area contributed by atoms with Crippen LogP contribution in [0.2, 0.25) is 0 Å². The summed E-state index contributed by atoms with van der Waals surface area (Å²) in [5, 5.41) is 1.39. The van der Waals surface area contributed by atoms with E-state index >= 15 is 0 Å². The summed E-state index contributed by atoms with van der Waals surface area (Å²) in [5.74, 6) is 0. The summed E-state index contributed by atoms with van der Waals surface area (Å²) < 4.78 is 1.44. The molecule has 2 aromatic rings. The number of thiophene rings is 1. The van der Waals surface area contributed by atoms with Crippen LogP contribution in [0.4, 0.5) is 0 Å². The highest BCUT2D eigenvalue weighted by Gasteiger charge is 2.16. The van der Waals surface area contributed by atoms with Gasteiger partial charge in [0.05, 0.1) is 0 Å². The Morgan fingerprint density at radius 3 is 2.43 bits per heavy atom. The molecule has 0 aliphatic heterocycles. The van der Waals surface area contributed by atoms with Gasteiger partial charge in [-0.3, -0.25) is 0 Å². The summed E-state index contributed by atoms with van der Waals surface area (Å²) in [5.41, 5.74) is 1.67. The molecule has 0 N–H and O–H groups in total. The van der Waals surface area contributed by atoms with Crippen LogP contribution in [0.5, 0.6) is 0 Å². The normalized spacial score (nSPS) is 12.3. The van der Waals surface area contributed by atoms with Gasteiger partial charge in [-0.25, -0.2) is 0 Å². The Morgan fingerprint density at radius 2 is 1.86 bits per heavy atom. The van der Waals surface area contributed by atoms with Crippen molar-refractivity contribution >= 4 is 21.4 Å². The molecule has 1 heterocycles. The third-order valence-corrected chi connectivity index (χ3v) is 4.19. The highest BCUT2D eigenvalue weighted by atomic mass is 32.1. The van der Waals surface area contributed by atoms with E-state index in [1.165, 1.54) is 20.5 Å². The summed E-state index contributed by atoms with van der Waals surface area (Å²) in [6.07, 6.45) is 0. The van der Waals surface area contributed by atoms with E-state index in [0.29, 0.717) is 0 Å². The lowest BCUT2D eigenvalue weighted by molar-refractivity contribution is 0.604. The summed E-state index contributed by atoms with van der Waals surface area (Å²) in [6, 6.07) is 8.85. The van der Waals surface area contributed by atoms with Crippen molar-refractivity contribution in [3.8, 4) is 0 Å². The Kier molecular flexibility index (Phi) is 2.15. The predicted octanol–water partition coefficient (Wildman–Crippen LogP) is 4.51. The average molecular weight is 204 g/mol.